The van der Waals surface area contributed by atoms with Gasteiger partial charge >= 0.3 is 6.18 Å². The second-order valence-corrected chi connectivity index (χ2v) is 6.08. The molecule has 132 valence electrons. The van der Waals surface area contributed by atoms with Crippen molar-refractivity contribution in [1.82, 2.24) is 30.0 Å². The fraction of sp³-hybridized carbons (Fsp3) is 0.0769. The molecule has 1 aromatic carbocycles. The van der Waals surface area contributed by atoms with Gasteiger partial charge in [0.1, 0.15) is 5.56 Å². The normalized spacial score (nSPS) is 12.0. The fourth-order valence-corrected chi connectivity index (χ4v) is 3.34. The quantitative estimate of drug-likeness (QED) is 0.546. The van der Waals surface area contributed by atoms with Crippen LogP contribution in [0.3, 0.4) is 0 Å². The van der Waals surface area contributed by atoms with Gasteiger partial charge in [-0.05, 0) is 23.4 Å². The van der Waals surface area contributed by atoms with Crippen LogP contribution in [-0.2, 0) is 6.18 Å². The van der Waals surface area contributed by atoms with Crippen molar-refractivity contribution in [3.8, 4) is 0 Å². The van der Waals surface area contributed by atoms with Gasteiger partial charge in [-0.2, -0.15) is 18.4 Å². The molecular weight excluding hydrogens is 375 g/mol. The molecule has 0 atom stereocenters. The Kier molecular flexibility index (Phi) is 3.47. The van der Waals surface area contributed by atoms with Crippen LogP contribution in [0.25, 0.3) is 15.2 Å². The molecule has 0 spiro atoms. The van der Waals surface area contributed by atoms with Crippen molar-refractivity contribution < 1.29 is 18.0 Å². The lowest BCUT2D eigenvalue weighted by Gasteiger charge is -2.05. The summed E-state index contributed by atoms with van der Waals surface area (Å²) in [7, 11) is 0. The molecule has 0 unspecified atom stereocenters. The minimum atomic E-state index is -4.50. The van der Waals surface area contributed by atoms with Crippen molar-refractivity contribution in [3.63, 3.8) is 0 Å². The predicted molar refractivity (Wildman–Crippen MR) is 84.0 cm³/mol. The number of thiazole rings is 1. The fourth-order valence-electron chi connectivity index (χ4n) is 2.32. The van der Waals surface area contributed by atoms with Crippen LogP contribution >= 0.6 is 11.3 Å². The third kappa shape index (κ3) is 2.57. The highest BCUT2D eigenvalue weighted by atomic mass is 32.1. The highest BCUT2D eigenvalue weighted by Gasteiger charge is 2.31. The van der Waals surface area contributed by atoms with Crippen LogP contribution in [0.5, 0.6) is 0 Å². The molecule has 3 aromatic heterocycles. The minimum Gasteiger partial charge on any atom is -0.288 e. The van der Waals surface area contributed by atoms with Gasteiger partial charge in [-0.3, -0.25) is 19.3 Å². The summed E-state index contributed by atoms with van der Waals surface area (Å²) in [5.74, 6) is -0.950. The first-order valence-electron chi connectivity index (χ1n) is 6.91. The van der Waals surface area contributed by atoms with E-state index in [2.05, 4.69) is 30.9 Å². The van der Waals surface area contributed by atoms with E-state index in [0.717, 1.165) is 34.1 Å². The molecule has 26 heavy (non-hydrogen) atoms. The van der Waals surface area contributed by atoms with Crippen molar-refractivity contribution in [2.75, 3.05) is 5.32 Å². The molecule has 1 amide bonds. The van der Waals surface area contributed by atoms with Gasteiger partial charge in [0.2, 0.25) is 0 Å². The Bertz CT molecular complexity index is 1200. The second kappa shape index (κ2) is 5.59. The molecule has 13 heteroatoms. The number of hydrogen-bond acceptors (Lipinski definition) is 7. The van der Waals surface area contributed by atoms with Crippen LogP contribution in [-0.4, -0.2) is 35.9 Å². The Morgan fingerprint density at radius 1 is 1.31 bits per heavy atom. The number of benzene rings is 1. The van der Waals surface area contributed by atoms with Crippen LogP contribution in [0.15, 0.2) is 29.2 Å². The van der Waals surface area contributed by atoms with Gasteiger partial charge in [0.05, 0.1) is 15.8 Å². The molecule has 4 rings (SSSR count). The number of carbonyl (C=O) groups is 1. The average molecular weight is 381 g/mol. The molecular formula is C13H6F3N7O2S. The van der Waals surface area contributed by atoms with Gasteiger partial charge < -0.3 is 0 Å². The first kappa shape index (κ1) is 16.1. The Morgan fingerprint density at radius 3 is 2.81 bits per heavy atom. The third-order valence-electron chi connectivity index (χ3n) is 3.47. The van der Waals surface area contributed by atoms with E-state index in [1.54, 1.807) is 0 Å². The smallest absolute Gasteiger partial charge is 0.288 e. The zero-order chi connectivity index (χ0) is 18.5. The first-order chi connectivity index (χ1) is 12.3. The van der Waals surface area contributed by atoms with E-state index in [-0.39, 0.29) is 26.7 Å². The number of rotatable bonds is 2. The number of amides is 1. The SMILES string of the molecule is O=C(Nc1nn[nH]n1)c1cnc2sc3cc(C(F)(F)F)ccc3n2c1=O. The zero-order valence-electron chi connectivity index (χ0n) is 12.4. The Hall–Kier alpha value is -3.35. The van der Waals surface area contributed by atoms with Crippen molar-refractivity contribution in [2.24, 2.45) is 0 Å². The Morgan fingerprint density at radius 2 is 2.12 bits per heavy atom. The van der Waals surface area contributed by atoms with E-state index in [1.807, 2.05) is 0 Å². The summed E-state index contributed by atoms with van der Waals surface area (Å²) in [6, 6.07) is 2.98. The monoisotopic (exact) mass is 381 g/mol. The molecule has 0 saturated heterocycles. The molecule has 0 aliphatic rings. The summed E-state index contributed by atoms with van der Waals surface area (Å²) in [5, 5.41) is 14.7. The number of tetrazole rings is 1. The summed E-state index contributed by atoms with van der Waals surface area (Å²) >= 11 is 0.912. The van der Waals surface area contributed by atoms with E-state index in [9.17, 15) is 22.8 Å². The number of anilines is 1. The second-order valence-electron chi connectivity index (χ2n) is 5.07. The number of fused-ring (bicyclic) bond motifs is 3. The zero-order valence-corrected chi connectivity index (χ0v) is 13.2. The van der Waals surface area contributed by atoms with E-state index >= 15 is 0 Å². The number of nitrogens with zero attached hydrogens (tertiary/aromatic N) is 5. The average Bonchev–Trinajstić information content (AvgIpc) is 3.20. The van der Waals surface area contributed by atoms with E-state index in [4.69, 9.17) is 0 Å². The van der Waals surface area contributed by atoms with Crippen LogP contribution < -0.4 is 10.9 Å². The highest BCUT2D eigenvalue weighted by molar-refractivity contribution is 7.23. The standard InChI is InChI=1S/C13H6F3N7O2S/c14-13(15,16)5-1-2-7-8(3-5)26-12-17-4-6(10(25)23(7)12)9(24)18-11-19-21-22-20-11/h1-4H,(H2,18,19,20,21,22,24). The van der Waals surface area contributed by atoms with Crippen LogP contribution in [0, 0.1) is 0 Å². The van der Waals surface area contributed by atoms with Gasteiger partial charge in [-0.15, -0.1) is 5.10 Å². The maximum atomic E-state index is 12.8. The maximum Gasteiger partial charge on any atom is 0.416 e. The number of alkyl halides is 3. The summed E-state index contributed by atoms with van der Waals surface area (Å²) in [4.78, 5) is 29.0. The number of aromatic amines is 1. The number of hydrogen-bond donors (Lipinski definition) is 2. The first-order valence-corrected chi connectivity index (χ1v) is 7.72. The molecule has 0 radical (unpaired) electrons. The van der Waals surface area contributed by atoms with E-state index in [1.165, 1.54) is 6.07 Å². The van der Waals surface area contributed by atoms with Crippen molar-refractivity contribution in [1.29, 1.82) is 0 Å². The minimum absolute atomic E-state index is 0.135. The number of aromatic nitrogens is 6. The summed E-state index contributed by atoms with van der Waals surface area (Å²) in [6.07, 6.45) is -3.45. The van der Waals surface area contributed by atoms with E-state index < -0.39 is 23.2 Å². The molecule has 4 aromatic rings. The Labute approximate surface area is 144 Å². The molecule has 2 N–H and O–H groups in total. The topological polar surface area (TPSA) is 118 Å². The predicted octanol–water partition coefficient (Wildman–Crippen LogP) is 1.69. The van der Waals surface area contributed by atoms with Crippen molar-refractivity contribution in [3.05, 3.63) is 45.9 Å². The third-order valence-corrected chi connectivity index (χ3v) is 4.49. The van der Waals surface area contributed by atoms with Crippen LogP contribution in [0.4, 0.5) is 19.1 Å². The number of nitrogens with one attached hydrogen (secondary N) is 2. The van der Waals surface area contributed by atoms with Gasteiger partial charge in [-0.25, -0.2) is 4.98 Å². The van der Waals surface area contributed by atoms with Crippen LogP contribution in [0.1, 0.15) is 15.9 Å². The molecule has 0 aliphatic carbocycles. The molecule has 0 aliphatic heterocycles. The molecule has 0 bridgehead atoms. The van der Waals surface area contributed by atoms with Crippen molar-refractivity contribution in [2.45, 2.75) is 6.18 Å². The molecule has 3 heterocycles. The summed E-state index contributed by atoms with van der Waals surface area (Å²) < 4.78 is 39.9. The number of halogens is 3. The molecule has 9 nitrogen and oxygen atoms in total. The number of carbonyl (C=O) groups excluding carboxylic acids is 1. The van der Waals surface area contributed by atoms with Gasteiger partial charge in [0, 0.05) is 6.20 Å². The lowest BCUT2D eigenvalue weighted by Crippen LogP contribution is -2.26. The summed E-state index contributed by atoms with van der Waals surface area (Å²) in [6.45, 7) is 0. The largest absolute Gasteiger partial charge is 0.416 e. The van der Waals surface area contributed by atoms with Gasteiger partial charge in [0.25, 0.3) is 17.4 Å². The highest BCUT2D eigenvalue weighted by Crippen LogP contribution is 2.33. The molecule has 0 fully saturated rings. The van der Waals surface area contributed by atoms with Crippen molar-refractivity contribution >= 4 is 38.4 Å². The van der Waals surface area contributed by atoms with E-state index in [0.29, 0.717) is 0 Å². The van der Waals surface area contributed by atoms with Crippen LogP contribution in [0.2, 0.25) is 0 Å². The lowest BCUT2D eigenvalue weighted by molar-refractivity contribution is -0.137. The lowest BCUT2D eigenvalue weighted by atomic mass is 10.2. The number of H-pyrrole nitrogens is 1. The Balaban J connectivity index is 1.85. The molecule has 0 saturated carbocycles. The maximum absolute atomic E-state index is 12.8. The summed E-state index contributed by atoms with van der Waals surface area (Å²) in [5.41, 5.74) is -1.64. The van der Waals surface area contributed by atoms with Gasteiger partial charge in [-0.1, -0.05) is 16.4 Å². The van der Waals surface area contributed by atoms with Gasteiger partial charge in [0.15, 0.2) is 4.96 Å².